The number of carbonyl (C=O) groups excluding carboxylic acids is 1. The van der Waals surface area contributed by atoms with Crippen molar-refractivity contribution in [3.63, 3.8) is 0 Å². The SMILES string of the molecule is O=C(N[C@H]1CCCN(c2cccc(OC(F)F)c2)C1)C12CC3CC(C1)C(O)C(C3)C2. The molecular formula is C23H30F2N2O3. The van der Waals surface area contributed by atoms with Crippen molar-refractivity contribution in [1.82, 2.24) is 5.32 Å². The summed E-state index contributed by atoms with van der Waals surface area (Å²) in [6.07, 6.45) is 6.36. The average Bonchev–Trinajstić information content (AvgIpc) is 2.71. The Balaban J connectivity index is 1.25. The third kappa shape index (κ3) is 3.66. The van der Waals surface area contributed by atoms with Gasteiger partial charge >= 0.3 is 6.61 Å². The average molecular weight is 421 g/mol. The number of carbonyl (C=O) groups is 1. The van der Waals surface area contributed by atoms with Crippen molar-refractivity contribution < 1.29 is 23.4 Å². The van der Waals surface area contributed by atoms with Crippen LogP contribution in [-0.2, 0) is 4.79 Å². The Hall–Kier alpha value is -1.89. The van der Waals surface area contributed by atoms with Crippen LogP contribution in [0.25, 0.3) is 0 Å². The van der Waals surface area contributed by atoms with Crippen molar-refractivity contribution in [3.05, 3.63) is 24.3 Å². The molecule has 1 aliphatic heterocycles. The summed E-state index contributed by atoms with van der Waals surface area (Å²) in [4.78, 5) is 15.5. The molecule has 0 spiro atoms. The molecule has 5 nitrogen and oxygen atoms in total. The molecule has 4 bridgehead atoms. The first kappa shape index (κ1) is 20.0. The molecule has 6 rings (SSSR count). The maximum absolute atomic E-state index is 13.4. The third-order valence-electron chi connectivity index (χ3n) is 7.87. The summed E-state index contributed by atoms with van der Waals surface area (Å²) >= 11 is 0. The van der Waals surface area contributed by atoms with E-state index in [1.807, 2.05) is 6.07 Å². The Kier molecular flexibility index (Phi) is 5.12. The van der Waals surface area contributed by atoms with Gasteiger partial charge in [0, 0.05) is 30.9 Å². The van der Waals surface area contributed by atoms with E-state index in [0.29, 0.717) is 12.5 Å². The Morgan fingerprint density at radius 2 is 2.00 bits per heavy atom. The topological polar surface area (TPSA) is 61.8 Å². The van der Waals surface area contributed by atoms with E-state index in [1.165, 1.54) is 6.07 Å². The molecule has 2 N–H and O–H groups in total. The monoisotopic (exact) mass is 420 g/mol. The molecule has 5 fully saturated rings. The molecule has 1 aromatic carbocycles. The zero-order valence-corrected chi connectivity index (χ0v) is 17.1. The second kappa shape index (κ2) is 7.66. The van der Waals surface area contributed by atoms with Crippen LogP contribution >= 0.6 is 0 Å². The van der Waals surface area contributed by atoms with Crippen molar-refractivity contribution in [3.8, 4) is 5.75 Å². The molecular weight excluding hydrogens is 390 g/mol. The molecule has 2 unspecified atom stereocenters. The summed E-state index contributed by atoms with van der Waals surface area (Å²) < 4.78 is 29.6. The van der Waals surface area contributed by atoms with Crippen LogP contribution in [-0.4, -0.2) is 42.9 Å². The molecule has 7 heteroatoms. The summed E-state index contributed by atoms with van der Waals surface area (Å²) in [7, 11) is 0. The van der Waals surface area contributed by atoms with E-state index in [0.717, 1.165) is 57.2 Å². The van der Waals surface area contributed by atoms with Crippen molar-refractivity contribution >= 4 is 11.6 Å². The van der Waals surface area contributed by atoms with Crippen LogP contribution in [0.2, 0.25) is 0 Å². The van der Waals surface area contributed by atoms with E-state index in [9.17, 15) is 18.7 Å². The highest BCUT2D eigenvalue weighted by Crippen LogP contribution is 2.60. The van der Waals surface area contributed by atoms with Crippen molar-refractivity contribution in [2.24, 2.45) is 23.2 Å². The number of aliphatic hydroxyl groups excluding tert-OH is 1. The lowest BCUT2D eigenvalue weighted by Gasteiger charge is -2.58. The van der Waals surface area contributed by atoms with Crippen LogP contribution in [0.15, 0.2) is 24.3 Å². The molecule has 164 valence electrons. The molecule has 4 saturated carbocycles. The number of benzene rings is 1. The highest BCUT2D eigenvalue weighted by molar-refractivity contribution is 5.83. The standard InChI is InChI=1S/C23H30F2N2O3/c24-22(25)30-19-5-1-4-18(9-19)27-6-2-3-17(13-27)26-21(29)23-10-14-7-15(11-23)20(28)16(8-14)12-23/h1,4-5,9,14-17,20,22,28H,2-3,6-8,10-13H2,(H,26,29)/t14?,15?,16?,17-,20?,23?/m0/s1. The van der Waals surface area contributed by atoms with E-state index in [2.05, 4.69) is 15.0 Å². The molecule has 0 radical (unpaired) electrons. The number of hydrogen-bond donors (Lipinski definition) is 2. The van der Waals surface area contributed by atoms with Crippen LogP contribution < -0.4 is 15.0 Å². The molecule has 1 aromatic rings. The van der Waals surface area contributed by atoms with Gasteiger partial charge in [0.05, 0.1) is 11.5 Å². The van der Waals surface area contributed by atoms with Gasteiger partial charge in [-0.2, -0.15) is 8.78 Å². The van der Waals surface area contributed by atoms with Crippen molar-refractivity contribution in [1.29, 1.82) is 0 Å². The van der Waals surface area contributed by atoms with Gasteiger partial charge in [0.15, 0.2) is 0 Å². The van der Waals surface area contributed by atoms with Crippen molar-refractivity contribution in [2.75, 3.05) is 18.0 Å². The predicted octanol–water partition coefficient (Wildman–Crippen LogP) is 3.56. The molecule has 30 heavy (non-hydrogen) atoms. The van der Waals surface area contributed by atoms with E-state index < -0.39 is 6.61 Å². The first-order valence-corrected chi connectivity index (χ1v) is 11.2. The second-order valence-electron chi connectivity index (χ2n) is 9.88. The molecule has 5 aliphatic rings. The fourth-order valence-electron chi connectivity index (χ4n) is 6.80. The maximum Gasteiger partial charge on any atom is 0.387 e. The first-order valence-electron chi connectivity index (χ1n) is 11.2. The molecule has 0 aromatic heterocycles. The summed E-state index contributed by atoms with van der Waals surface area (Å²) in [6, 6.07) is 6.82. The minimum atomic E-state index is -2.84. The minimum absolute atomic E-state index is 0.0452. The first-order chi connectivity index (χ1) is 14.4. The van der Waals surface area contributed by atoms with Crippen LogP contribution in [0, 0.1) is 23.2 Å². The van der Waals surface area contributed by atoms with Gasteiger partial charge in [0.1, 0.15) is 5.75 Å². The smallest absolute Gasteiger partial charge is 0.387 e. The summed E-state index contributed by atoms with van der Waals surface area (Å²) in [5, 5.41) is 13.8. The van der Waals surface area contributed by atoms with Crippen LogP contribution in [0.3, 0.4) is 0 Å². The zero-order chi connectivity index (χ0) is 20.9. The van der Waals surface area contributed by atoms with Crippen molar-refractivity contribution in [2.45, 2.75) is 63.7 Å². The lowest BCUT2D eigenvalue weighted by atomic mass is 9.48. The fraction of sp³-hybridized carbons (Fsp3) is 0.696. The number of nitrogens with zero attached hydrogens (tertiary/aromatic N) is 1. The van der Waals surface area contributed by atoms with Gasteiger partial charge in [-0.25, -0.2) is 0 Å². The Bertz CT molecular complexity index is 788. The summed E-state index contributed by atoms with van der Waals surface area (Å²) in [5.41, 5.74) is 0.535. The molecule has 1 heterocycles. The number of hydrogen-bond acceptors (Lipinski definition) is 4. The van der Waals surface area contributed by atoms with Crippen LogP contribution in [0.5, 0.6) is 5.75 Å². The number of halogens is 2. The number of aliphatic hydroxyl groups is 1. The largest absolute Gasteiger partial charge is 0.435 e. The summed E-state index contributed by atoms with van der Waals surface area (Å²) in [6.45, 7) is -1.35. The van der Waals surface area contributed by atoms with E-state index in [4.69, 9.17) is 0 Å². The maximum atomic E-state index is 13.4. The molecule has 4 aliphatic carbocycles. The summed E-state index contributed by atoms with van der Waals surface area (Å²) in [5.74, 6) is 1.46. The predicted molar refractivity (Wildman–Crippen MR) is 108 cm³/mol. The third-order valence-corrected chi connectivity index (χ3v) is 7.87. The highest BCUT2D eigenvalue weighted by atomic mass is 19.3. The number of rotatable bonds is 5. The van der Waals surface area contributed by atoms with E-state index in [-0.39, 0.29) is 41.1 Å². The minimum Gasteiger partial charge on any atom is -0.435 e. The number of amides is 1. The van der Waals surface area contributed by atoms with Gasteiger partial charge in [-0.3, -0.25) is 4.79 Å². The lowest BCUT2D eigenvalue weighted by Crippen LogP contribution is -2.60. The molecule has 3 atom stereocenters. The van der Waals surface area contributed by atoms with Crippen LogP contribution in [0.1, 0.15) is 44.9 Å². The van der Waals surface area contributed by atoms with Crippen LogP contribution in [0.4, 0.5) is 14.5 Å². The number of piperidine rings is 1. The number of alkyl halides is 2. The Morgan fingerprint density at radius 1 is 1.23 bits per heavy atom. The van der Waals surface area contributed by atoms with Gasteiger partial charge in [0.2, 0.25) is 5.91 Å². The normalized spacial score (nSPS) is 37.5. The number of nitrogens with one attached hydrogen (secondary N) is 1. The fourth-order valence-corrected chi connectivity index (χ4v) is 6.80. The molecule has 1 saturated heterocycles. The Labute approximate surface area is 175 Å². The number of anilines is 1. The Morgan fingerprint density at radius 3 is 2.73 bits per heavy atom. The number of ether oxygens (including phenoxy) is 1. The molecule has 1 amide bonds. The van der Waals surface area contributed by atoms with Gasteiger partial charge in [-0.1, -0.05) is 6.07 Å². The van der Waals surface area contributed by atoms with Gasteiger partial charge < -0.3 is 20.1 Å². The lowest BCUT2D eigenvalue weighted by molar-refractivity contribution is -0.163. The van der Waals surface area contributed by atoms with Gasteiger partial charge in [-0.05, 0) is 74.8 Å². The van der Waals surface area contributed by atoms with Gasteiger partial charge in [-0.15, -0.1) is 0 Å². The van der Waals surface area contributed by atoms with Gasteiger partial charge in [0.25, 0.3) is 0 Å². The quantitative estimate of drug-likeness (QED) is 0.765. The zero-order valence-electron chi connectivity index (χ0n) is 17.1. The van der Waals surface area contributed by atoms with E-state index in [1.54, 1.807) is 12.1 Å². The van der Waals surface area contributed by atoms with E-state index >= 15 is 0 Å². The highest BCUT2D eigenvalue weighted by Gasteiger charge is 2.58. The second-order valence-corrected chi connectivity index (χ2v) is 9.88.